The van der Waals surface area contributed by atoms with Crippen molar-refractivity contribution in [2.75, 3.05) is 26.4 Å². The number of phosphoric ester groups is 1. The molecule has 9 heteroatoms. The Morgan fingerprint density at radius 1 is 1.07 bits per heavy atom. The van der Waals surface area contributed by atoms with Gasteiger partial charge in [-0.3, -0.25) is 9.36 Å². The molecule has 0 bridgehead atoms. The molecule has 8 nitrogen and oxygen atoms in total. The molecule has 166 valence electrons. The van der Waals surface area contributed by atoms with Gasteiger partial charge < -0.3 is 29.5 Å². The fraction of sp³-hybridized carbons (Fsp3) is 0.842. The maximum atomic E-state index is 11.6. The molecule has 0 amide bonds. The minimum absolute atomic E-state index is 0.0827. The van der Waals surface area contributed by atoms with Gasteiger partial charge in [-0.25, -0.2) is 0 Å². The van der Waals surface area contributed by atoms with Crippen LogP contribution in [0, 0.1) is 0 Å². The second-order valence-electron chi connectivity index (χ2n) is 6.69. The van der Waals surface area contributed by atoms with Gasteiger partial charge >= 0.3 is 5.97 Å². The first-order valence-corrected chi connectivity index (χ1v) is 11.8. The Balaban J connectivity index is 3.59. The molecule has 0 saturated carbocycles. The van der Waals surface area contributed by atoms with Crippen molar-refractivity contribution in [3.8, 4) is 0 Å². The minimum Gasteiger partial charge on any atom is -0.756 e. The summed E-state index contributed by atoms with van der Waals surface area (Å²) in [6.07, 6.45) is 13.5. The van der Waals surface area contributed by atoms with Gasteiger partial charge in [-0.15, -0.1) is 0 Å². The fourth-order valence-corrected chi connectivity index (χ4v) is 3.12. The van der Waals surface area contributed by atoms with Crippen LogP contribution in [-0.2, 0) is 23.1 Å². The lowest BCUT2D eigenvalue weighted by Gasteiger charge is -2.23. The molecular formula is C19H38NO7P. The zero-order valence-corrected chi connectivity index (χ0v) is 18.1. The first-order valence-electron chi connectivity index (χ1n) is 10.3. The number of rotatable bonds is 19. The summed E-state index contributed by atoms with van der Waals surface area (Å²) in [6, 6.07) is 0. The highest BCUT2D eigenvalue weighted by Gasteiger charge is 2.14. The highest BCUT2D eigenvalue weighted by molar-refractivity contribution is 7.45. The fourth-order valence-electron chi connectivity index (χ4n) is 2.33. The van der Waals surface area contributed by atoms with E-state index in [1.165, 1.54) is 25.7 Å². The molecule has 0 saturated heterocycles. The van der Waals surface area contributed by atoms with Crippen LogP contribution >= 0.6 is 7.82 Å². The van der Waals surface area contributed by atoms with Crippen molar-refractivity contribution in [2.24, 2.45) is 0 Å². The van der Waals surface area contributed by atoms with E-state index >= 15 is 0 Å². The van der Waals surface area contributed by atoms with Crippen LogP contribution in [0.2, 0.25) is 0 Å². The number of carbonyl (C=O) groups excluding carboxylic acids is 1. The lowest BCUT2D eigenvalue weighted by Crippen LogP contribution is -2.52. The van der Waals surface area contributed by atoms with Crippen LogP contribution in [0.1, 0.15) is 71.1 Å². The molecule has 0 rings (SSSR count). The second kappa shape index (κ2) is 18.3. The average Bonchev–Trinajstić information content (AvgIpc) is 2.67. The molecule has 0 aromatic heterocycles. The van der Waals surface area contributed by atoms with Crippen molar-refractivity contribution in [3.63, 3.8) is 0 Å². The molecular weight excluding hydrogens is 385 g/mol. The number of carbonyl (C=O) groups is 1. The molecule has 0 heterocycles. The van der Waals surface area contributed by atoms with Crippen LogP contribution in [0.4, 0.5) is 0 Å². The molecule has 0 aliphatic heterocycles. The van der Waals surface area contributed by atoms with Gasteiger partial charge in [0.25, 0.3) is 7.82 Å². The predicted octanol–water partition coefficient (Wildman–Crippen LogP) is 2.11. The maximum Gasteiger partial charge on any atom is 0.305 e. The number of phosphoric acid groups is 1. The largest absolute Gasteiger partial charge is 0.756 e. The molecule has 28 heavy (non-hydrogen) atoms. The van der Waals surface area contributed by atoms with E-state index in [0.29, 0.717) is 0 Å². The first-order chi connectivity index (χ1) is 13.4. The second-order valence-corrected chi connectivity index (χ2v) is 8.10. The van der Waals surface area contributed by atoms with E-state index in [2.05, 4.69) is 33.9 Å². The molecule has 4 N–H and O–H groups in total. The molecule has 0 aromatic carbocycles. The SMILES string of the molecule is CCCCCCC=CCCCCCC(=O)OC[C@@H](O)COP(=O)([O-])OCC[NH3+]. The lowest BCUT2D eigenvalue weighted by atomic mass is 10.1. The van der Waals surface area contributed by atoms with Gasteiger partial charge in [0, 0.05) is 6.42 Å². The van der Waals surface area contributed by atoms with Crippen LogP contribution in [0.25, 0.3) is 0 Å². The zero-order valence-electron chi connectivity index (χ0n) is 17.2. The summed E-state index contributed by atoms with van der Waals surface area (Å²) in [5.41, 5.74) is 3.44. The van der Waals surface area contributed by atoms with Gasteiger partial charge in [0.1, 0.15) is 19.3 Å². The first kappa shape index (κ1) is 27.2. The number of quaternary nitrogens is 1. The van der Waals surface area contributed by atoms with E-state index < -0.39 is 26.5 Å². The van der Waals surface area contributed by atoms with E-state index in [4.69, 9.17) is 4.74 Å². The number of hydrogen-bond donors (Lipinski definition) is 2. The quantitative estimate of drug-likeness (QED) is 0.141. The summed E-state index contributed by atoms with van der Waals surface area (Å²) in [5, 5.41) is 9.61. The van der Waals surface area contributed by atoms with Crippen molar-refractivity contribution in [1.29, 1.82) is 0 Å². The summed E-state index contributed by atoms with van der Waals surface area (Å²) >= 11 is 0. The van der Waals surface area contributed by atoms with Gasteiger partial charge in [0.2, 0.25) is 0 Å². The van der Waals surface area contributed by atoms with Crippen molar-refractivity contribution in [3.05, 3.63) is 12.2 Å². The highest BCUT2D eigenvalue weighted by atomic mass is 31.2. The van der Waals surface area contributed by atoms with E-state index in [-0.39, 0.29) is 26.2 Å². The number of ether oxygens (including phenoxy) is 1. The summed E-state index contributed by atoms with van der Waals surface area (Å²) < 4.78 is 25.2. The molecule has 2 atom stereocenters. The zero-order chi connectivity index (χ0) is 21.1. The van der Waals surface area contributed by atoms with Crippen molar-refractivity contribution in [2.45, 2.75) is 77.2 Å². The third kappa shape index (κ3) is 18.6. The molecule has 0 radical (unpaired) electrons. The van der Waals surface area contributed by atoms with Gasteiger partial charge in [-0.2, -0.15) is 0 Å². The number of hydrogen-bond acceptors (Lipinski definition) is 7. The van der Waals surface area contributed by atoms with Crippen molar-refractivity contribution < 1.29 is 38.9 Å². The van der Waals surface area contributed by atoms with Crippen LogP contribution in [-0.4, -0.2) is 43.5 Å². The molecule has 1 unspecified atom stereocenters. The highest BCUT2D eigenvalue weighted by Crippen LogP contribution is 2.37. The molecule has 0 aromatic rings. The monoisotopic (exact) mass is 423 g/mol. The number of allylic oxidation sites excluding steroid dienone is 2. The van der Waals surface area contributed by atoms with Crippen molar-refractivity contribution >= 4 is 13.8 Å². The normalized spacial score (nSPS) is 14.9. The topological polar surface area (TPSA) is 133 Å². The van der Waals surface area contributed by atoms with Gasteiger partial charge in [-0.1, -0.05) is 44.8 Å². The Hall–Kier alpha value is -0.760. The Bertz CT molecular complexity index is 460. The molecule has 0 aliphatic rings. The summed E-state index contributed by atoms with van der Waals surface area (Å²) in [5.74, 6) is -0.413. The van der Waals surface area contributed by atoms with Crippen molar-refractivity contribution in [1.82, 2.24) is 0 Å². The third-order valence-electron chi connectivity index (χ3n) is 3.90. The average molecular weight is 423 g/mol. The summed E-state index contributed by atoms with van der Waals surface area (Å²) in [6.45, 7) is 1.58. The number of aliphatic hydroxyl groups is 1. The smallest absolute Gasteiger partial charge is 0.305 e. The van der Waals surface area contributed by atoms with E-state index in [1.54, 1.807) is 0 Å². The number of aliphatic hydroxyl groups excluding tert-OH is 1. The van der Waals surface area contributed by atoms with Gasteiger partial charge in [0.05, 0.1) is 13.2 Å². The third-order valence-corrected chi connectivity index (χ3v) is 4.86. The maximum absolute atomic E-state index is 11.6. The predicted molar refractivity (Wildman–Crippen MR) is 105 cm³/mol. The minimum atomic E-state index is -4.45. The summed E-state index contributed by atoms with van der Waals surface area (Å²) in [7, 11) is -4.45. The number of esters is 1. The molecule has 0 fully saturated rings. The lowest BCUT2D eigenvalue weighted by molar-refractivity contribution is -0.373. The summed E-state index contributed by atoms with van der Waals surface area (Å²) in [4.78, 5) is 22.9. The van der Waals surface area contributed by atoms with E-state index in [1.807, 2.05) is 0 Å². The Labute approximate surface area is 169 Å². The Morgan fingerprint density at radius 3 is 2.32 bits per heavy atom. The van der Waals surface area contributed by atoms with Gasteiger partial charge in [-0.05, 0) is 32.1 Å². The van der Waals surface area contributed by atoms with Crippen LogP contribution < -0.4 is 10.6 Å². The van der Waals surface area contributed by atoms with Crippen LogP contribution in [0.3, 0.4) is 0 Å². The van der Waals surface area contributed by atoms with E-state index in [9.17, 15) is 19.4 Å². The van der Waals surface area contributed by atoms with Crippen LogP contribution in [0.5, 0.6) is 0 Å². The standard InChI is InChI=1S/C19H38NO7P/c1-2-3-4-5-6-7-8-9-10-11-12-13-19(22)25-16-18(21)17-27-28(23,24)26-15-14-20/h7-8,18,21H,2-6,9-17,20H2,1H3,(H,23,24)/t18-/m1/s1. The Morgan fingerprint density at radius 2 is 1.71 bits per heavy atom. The Kier molecular flexibility index (Phi) is 17.8. The number of unbranched alkanes of at least 4 members (excludes halogenated alkanes) is 7. The van der Waals surface area contributed by atoms with Gasteiger partial charge in [0.15, 0.2) is 0 Å². The van der Waals surface area contributed by atoms with Crippen LogP contribution in [0.15, 0.2) is 12.2 Å². The molecule has 0 spiro atoms. The van der Waals surface area contributed by atoms with E-state index in [0.717, 1.165) is 32.1 Å². The molecule has 0 aliphatic carbocycles.